The van der Waals surface area contributed by atoms with E-state index in [4.69, 9.17) is 9.15 Å². The molecule has 1 amide bonds. The Balaban J connectivity index is 1.50. The van der Waals surface area contributed by atoms with Gasteiger partial charge in [-0.15, -0.1) is 0 Å². The lowest BCUT2D eigenvalue weighted by molar-refractivity contribution is -0.134. The Kier molecular flexibility index (Phi) is 5.12. The third-order valence-corrected chi connectivity index (χ3v) is 4.86. The number of aryl methyl sites for hydroxylation is 1. The Morgan fingerprint density at radius 1 is 1.07 bits per heavy atom. The van der Waals surface area contributed by atoms with E-state index in [1.165, 1.54) is 0 Å². The molecule has 28 heavy (non-hydrogen) atoms. The number of aromatic nitrogens is 1. The summed E-state index contributed by atoms with van der Waals surface area (Å²) in [5.74, 6) is 2.98. The third-order valence-electron chi connectivity index (χ3n) is 4.86. The number of ether oxygens (including phenoxy) is 1. The van der Waals surface area contributed by atoms with Gasteiger partial charge in [-0.3, -0.25) is 9.69 Å². The molecule has 0 atom stereocenters. The normalized spacial score (nSPS) is 15.1. The van der Waals surface area contributed by atoms with E-state index in [1.54, 1.807) is 4.90 Å². The van der Waals surface area contributed by atoms with Crippen molar-refractivity contribution in [2.24, 2.45) is 0 Å². The molecule has 0 saturated carbocycles. The highest BCUT2D eigenvalue weighted by Gasteiger charge is 2.23. The molecule has 0 spiro atoms. The van der Waals surface area contributed by atoms with Gasteiger partial charge in [0, 0.05) is 32.2 Å². The number of carbonyl (C=O) groups is 1. The lowest BCUT2D eigenvalue weighted by Gasteiger charge is -2.31. The maximum Gasteiger partial charge on any atom is 0.236 e. The molecular formula is C22H23N3O3. The van der Waals surface area contributed by atoms with Crippen LogP contribution in [0, 0.1) is 6.92 Å². The van der Waals surface area contributed by atoms with E-state index in [0.717, 1.165) is 41.6 Å². The van der Waals surface area contributed by atoms with Crippen LogP contribution in [-0.4, -0.2) is 47.4 Å². The van der Waals surface area contributed by atoms with Crippen LogP contribution in [0.4, 0.5) is 0 Å². The topological polar surface area (TPSA) is 58.8 Å². The molecule has 1 fully saturated rings. The molecule has 144 valence electrons. The molecule has 0 N–H and O–H groups in total. The molecule has 4 rings (SSSR count). The number of nitrogens with zero attached hydrogens (tertiary/aromatic N) is 3. The number of rotatable bonds is 5. The van der Waals surface area contributed by atoms with Gasteiger partial charge in [-0.05, 0) is 37.3 Å². The molecule has 1 aliphatic rings. The first-order chi connectivity index (χ1) is 13.6. The SMILES string of the molecule is Cc1oc(-c2cccc(Oc3ccccc3)c2)nc1CN1CCN(C)C(=O)C1. The summed E-state index contributed by atoms with van der Waals surface area (Å²) in [5.41, 5.74) is 1.72. The van der Waals surface area contributed by atoms with Gasteiger partial charge in [0.15, 0.2) is 0 Å². The highest BCUT2D eigenvalue weighted by molar-refractivity contribution is 5.78. The number of benzene rings is 2. The molecule has 3 aromatic rings. The van der Waals surface area contributed by atoms with Crippen LogP contribution >= 0.6 is 0 Å². The first-order valence-electron chi connectivity index (χ1n) is 9.34. The minimum atomic E-state index is 0.137. The van der Waals surface area contributed by atoms with E-state index >= 15 is 0 Å². The van der Waals surface area contributed by atoms with Crippen molar-refractivity contribution >= 4 is 5.91 Å². The zero-order valence-corrected chi connectivity index (χ0v) is 16.1. The quantitative estimate of drug-likeness (QED) is 0.678. The summed E-state index contributed by atoms with van der Waals surface area (Å²) in [6, 6.07) is 17.4. The summed E-state index contributed by atoms with van der Waals surface area (Å²) in [6.07, 6.45) is 0. The third kappa shape index (κ3) is 4.07. The van der Waals surface area contributed by atoms with Crippen molar-refractivity contribution in [3.63, 3.8) is 0 Å². The Morgan fingerprint density at radius 2 is 1.86 bits per heavy atom. The Morgan fingerprint density at radius 3 is 2.64 bits per heavy atom. The lowest BCUT2D eigenvalue weighted by atomic mass is 10.2. The van der Waals surface area contributed by atoms with E-state index < -0.39 is 0 Å². The number of amides is 1. The van der Waals surface area contributed by atoms with E-state index in [0.29, 0.717) is 19.0 Å². The average molecular weight is 377 g/mol. The van der Waals surface area contributed by atoms with Gasteiger partial charge in [-0.25, -0.2) is 4.98 Å². The largest absolute Gasteiger partial charge is 0.457 e. The van der Waals surface area contributed by atoms with Crippen LogP contribution in [-0.2, 0) is 11.3 Å². The van der Waals surface area contributed by atoms with Crippen molar-refractivity contribution in [3.05, 3.63) is 66.1 Å². The van der Waals surface area contributed by atoms with Gasteiger partial charge in [-0.2, -0.15) is 0 Å². The molecular weight excluding hydrogens is 354 g/mol. The standard InChI is InChI=1S/C22H23N3O3/c1-16-20(14-25-12-11-24(2)21(26)15-25)23-22(27-16)17-7-6-10-19(13-17)28-18-8-4-3-5-9-18/h3-10,13H,11-12,14-15H2,1-2H3. The number of hydrogen-bond acceptors (Lipinski definition) is 5. The number of likely N-dealkylation sites (N-methyl/N-ethyl adjacent to an activating group) is 1. The maximum absolute atomic E-state index is 11.9. The number of piperazine rings is 1. The summed E-state index contributed by atoms with van der Waals surface area (Å²) < 4.78 is 11.8. The van der Waals surface area contributed by atoms with Gasteiger partial charge >= 0.3 is 0 Å². The predicted octanol–water partition coefficient (Wildman–Crippen LogP) is 3.72. The van der Waals surface area contributed by atoms with Crippen LogP contribution in [0.15, 0.2) is 59.0 Å². The van der Waals surface area contributed by atoms with Crippen LogP contribution < -0.4 is 4.74 Å². The zero-order chi connectivity index (χ0) is 19.5. The van der Waals surface area contributed by atoms with Gasteiger partial charge < -0.3 is 14.1 Å². The average Bonchev–Trinajstić information content (AvgIpc) is 3.06. The molecule has 2 heterocycles. The predicted molar refractivity (Wildman–Crippen MR) is 106 cm³/mol. The van der Waals surface area contributed by atoms with E-state index in [9.17, 15) is 4.79 Å². The first kappa shape index (κ1) is 18.3. The van der Waals surface area contributed by atoms with Crippen molar-refractivity contribution in [3.8, 4) is 23.0 Å². The molecule has 0 bridgehead atoms. The van der Waals surface area contributed by atoms with Crippen molar-refractivity contribution in [2.45, 2.75) is 13.5 Å². The second-order valence-electron chi connectivity index (χ2n) is 6.99. The number of oxazole rings is 1. The summed E-state index contributed by atoms with van der Waals surface area (Å²) in [4.78, 5) is 20.5. The maximum atomic E-state index is 11.9. The van der Waals surface area contributed by atoms with Crippen molar-refractivity contribution in [1.29, 1.82) is 0 Å². The van der Waals surface area contributed by atoms with Crippen molar-refractivity contribution < 1.29 is 13.9 Å². The number of para-hydroxylation sites is 1. The molecule has 0 aliphatic carbocycles. The van der Waals surface area contributed by atoms with E-state index in [1.807, 2.05) is 68.6 Å². The second-order valence-corrected chi connectivity index (χ2v) is 6.99. The smallest absolute Gasteiger partial charge is 0.236 e. The van der Waals surface area contributed by atoms with Crippen molar-refractivity contribution in [1.82, 2.24) is 14.8 Å². The fourth-order valence-corrected chi connectivity index (χ4v) is 3.17. The molecule has 6 heteroatoms. The lowest BCUT2D eigenvalue weighted by Crippen LogP contribution is -2.48. The molecule has 2 aromatic carbocycles. The van der Waals surface area contributed by atoms with Crippen LogP contribution in [0.3, 0.4) is 0 Å². The van der Waals surface area contributed by atoms with Gasteiger partial charge in [-0.1, -0.05) is 24.3 Å². The van der Waals surface area contributed by atoms with Gasteiger partial charge in [0.1, 0.15) is 17.3 Å². The fourth-order valence-electron chi connectivity index (χ4n) is 3.17. The minimum absolute atomic E-state index is 0.137. The van der Waals surface area contributed by atoms with Crippen LogP contribution in [0.1, 0.15) is 11.5 Å². The second kappa shape index (κ2) is 7.86. The van der Waals surface area contributed by atoms with Crippen molar-refractivity contribution in [2.75, 3.05) is 26.7 Å². The highest BCUT2D eigenvalue weighted by atomic mass is 16.5. The first-order valence-corrected chi connectivity index (χ1v) is 9.34. The molecule has 1 aliphatic heterocycles. The Labute approximate surface area is 164 Å². The molecule has 0 radical (unpaired) electrons. The summed E-state index contributed by atoms with van der Waals surface area (Å²) in [5, 5.41) is 0. The monoisotopic (exact) mass is 377 g/mol. The zero-order valence-electron chi connectivity index (χ0n) is 16.1. The van der Waals surface area contributed by atoms with Crippen LogP contribution in [0.5, 0.6) is 11.5 Å². The number of carbonyl (C=O) groups excluding carboxylic acids is 1. The molecule has 1 aromatic heterocycles. The van der Waals surface area contributed by atoms with Crippen LogP contribution in [0.25, 0.3) is 11.5 Å². The highest BCUT2D eigenvalue weighted by Crippen LogP contribution is 2.28. The van der Waals surface area contributed by atoms with Gasteiger partial charge in [0.2, 0.25) is 11.8 Å². The van der Waals surface area contributed by atoms with Gasteiger partial charge in [0.05, 0.1) is 12.2 Å². The number of hydrogen-bond donors (Lipinski definition) is 0. The summed E-state index contributed by atoms with van der Waals surface area (Å²) in [6.45, 7) is 4.51. The summed E-state index contributed by atoms with van der Waals surface area (Å²) in [7, 11) is 1.84. The Hall–Kier alpha value is -3.12. The summed E-state index contributed by atoms with van der Waals surface area (Å²) >= 11 is 0. The molecule has 6 nitrogen and oxygen atoms in total. The van der Waals surface area contributed by atoms with Gasteiger partial charge in [0.25, 0.3) is 0 Å². The molecule has 0 unspecified atom stereocenters. The molecule has 1 saturated heterocycles. The van der Waals surface area contributed by atoms with E-state index in [-0.39, 0.29) is 5.91 Å². The Bertz CT molecular complexity index is 968. The van der Waals surface area contributed by atoms with E-state index in [2.05, 4.69) is 9.88 Å². The van der Waals surface area contributed by atoms with Crippen LogP contribution in [0.2, 0.25) is 0 Å². The fraction of sp³-hybridized carbons (Fsp3) is 0.273. The minimum Gasteiger partial charge on any atom is -0.457 e.